The molecule has 9 heteroatoms. The molecule has 0 bridgehead atoms. The molecule has 0 spiro atoms. The van der Waals surface area contributed by atoms with E-state index in [0.717, 1.165) is 15.4 Å². The molecule has 1 atom stereocenters. The summed E-state index contributed by atoms with van der Waals surface area (Å²) in [6.07, 6.45) is 0. The van der Waals surface area contributed by atoms with Gasteiger partial charge >= 0.3 is 0 Å². The van der Waals surface area contributed by atoms with Gasteiger partial charge in [-0.05, 0) is 70.0 Å². The van der Waals surface area contributed by atoms with E-state index in [0.29, 0.717) is 16.3 Å². The Labute approximate surface area is 230 Å². The lowest BCUT2D eigenvalue weighted by atomic mass is 10.1. The maximum absolute atomic E-state index is 13.9. The lowest BCUT2D eigenvalue weighted by molar-refractivity contribution is -0.139. The van der Waals surface area contributed by atoms with Crippen molar-refractivity contribution >= 4 is 39.1 Å². The van der Waals surface area contributed by atoms with Crippen LogP contribution in [0.3, 0.4) is 0 Å². The zero-order valence-corrected chi connectivity index (χ0v) is 23.9. The Balaban J connectivity index is 2.06. The minimum Gasteiger partial charge on any atom is -0.352 e. The van der Waals surface area contributed by atoms with E-state index in [4.69, 9.17) is 11.6 Å². The Bertz CT molecular complexity index is 1380. The van der Waals surface area contributed by atoms with Crippen LogP contribution >= 0.6 is 11.6 Å². The van der Waals surface area contributed by atoms with Crippen molar-refractivity contribution in [1.82, 2.24) is 10.2 Å². The van der Waals surface area contributed by atoms with Gasteiger partial charge in [-0.1, -0.05) is 65.7 Å². The van der Waals surface area contributed by atoms with Crippen LogP contribution in [-0.4, -0.2) is 43.8 Å². The zero-order valence-electron chi connectivity index (χ0n) is 22.3. The first-order valence-electron chi connectivity index (χ1n) is 12.4. The van der Waals surface area contributed by atoms with Crippen molar-refractivity contribution in [2.45, 2.75) is 58.1 Å². The fourth-order valence-electron chi connectivity index (χ4n) is 3.97. The number of aryl methyl sites for hydroxylation is 2. The topological polar surface area (TPSA) is 86.8 Å². The van der Waals surface area contributed by atoms with Crippen LogP contribution in [0, 0.1) is 13.8 Å². The molecule has 0 aliphatic carbocycles. The highest BCUT2D eigenvalue weighted by atomic mass is 35.5. The summed E-state index contributed by atoms with van der Waals surface area (Å²) in [5, 5.41) is 3.19. The average Bonchev–Trinajstić information content (AvgIpc) is 2.87. The van der Waals surface area contributed by atoms with Crippen LogP contribution in [-0.2, 0) is 26.2 Å². The highest BCUT2D eigenvalue weighted by Gasteiger charge is 2.33. The summed E-state index contributed by atoms with van der Waals surface area (Å²) in [7, 11) is -4.15. The predicted molar refractivity (Wildman–Crippen MR) is 152 cm³/mol. The maximum atomic E-state index is 13.9. The minimum absolute atomic E-state index is 0.0514. The summed E-state index contributed by atoms with van der Waals surface area (Å²) < 4.78 is 28.9. The standard InChI is InChI=1S/C29H34ClN3O4S/c1-20(2)31-29(35)23(5)32(18-24-9-7-6-8-10-24)28(34)19-33(27-17-25(30)14-13-22(27)4)38(36,37)26-15-11-21(3)12-16-26/h6-17,20,23H,18-19H2,1-5H3,(H,31,35). The van der Waals surface area contributed by atoms with Gasteiger partial charge in [0, 0.05) is 17.6 Å². The van der Waals surface area contributed by atoms with Gasteiger partial charge in [-0.15, -0.1) is 0 Å². The molecule has 38 heavy (non-hydrogen) atoms. The number of benzene rings is 3. The van der Waals surface area contributed by atoms with E-state index in [1.165, 1.54) is 23.1 Å². The first-order chi connectivity index (χ1) is 17.9. The molecule has 0 radical (unpaired) electrons. The van der Waals surface area contributed by atoms with E-state index >= 15 is 0 Å². The molecule has 1 unspecified atom stereocenters. The summed E-state index contributed by atoms with van der Waals surface area (Å²) in [5.41, 5.74) is 2.66. The molecule has 0 heterocycles. The van der Waals surface area contributed by atoms with Crippen molar-refractivity contribution in [3.8, 4) is 0 Å². The van der Waals surface area contributed by atoms with E-state index < -0.39 is 28.5 Å². The fraction of sp³-hybridized carbons (Fsp3) is 0.310. The van der Waals surface area contributed by atoms with Gasteiger partial charge in [0.15, 0.2) is 0 Å². The predicted octanol–water partition coefficient (Wildman–Crippen LogP) is 5.09. The van der Waals surface area contributed by atoms with Crippen molar-refractivity contribution in [3.63, 3.8) is 0 Å². The molecule has 0 aromatic heterocycles. The highest BCUT2D eigenvalue weighted by molar-refractivity contribution is 7.92. The van der Waals surface area contributed by atoms with Gasteiger partial charge < -0.3 is 10.2 Å². The van der Waals surface area contributed by atoms with Crippen molar-refractivity contribution in [3.05, 3.63) is 94.5 Å². The number of sulfonamides is 1. The SMILES string of the molecule is Cc1ccc(S(=O)(=O)N(CC(=O)N(Cc2ccccc2)C(C)C(=O)NC(C)C)c2cc(Cl)ccc2C)cc1. The molecule has 0 fully saturated rings. The summed E-state index contributed by atoms with van der Waals surface area (Å²) in [5.74, 6) is -0.841. The minimum atomic E-state index is -4.15. The molecule has 0 saturated carbocycles. The molecule has 202 valence electrons. The number of hydrogen-bond acceptors (Lipinski definition) is 4. The third-order valence-electron chi connectivity index (χ3n) is 6.12. The van der Waals surface area contributed by atoms with Crippen LogP contribution in [0.15, 0.2) is 77.7 Å². The number of halogens is 1. The molecule has 3 aromatic rings. The number of rotatable bonds is 10. The van der Waals surface area contributed by atoms with E-state index in [2.05, 4.69) is 5.32 Å². The number of anilines is 1. The highest BCUT2D eigenvalue weighted by Crippen LogP contribution is 2.30. The Morgan fingerprint density at radius 3 is 2.16 bits per heavy atom. The average molecular weight is 556 g/mol. The van der Waals surface area contributed by atoms with Gasteiger partial charge in [0.25, 0.3) is 10.0 Å². The number of hydrogen-bond donors (Lipinski definition) is 1. The number of carbonyl (C=O) groups is 2. The lowest BCUT2D eigenvalue weighted by Crippen LogP contribution is -2.52. The van der Waals surface area contributed by atoms with Crippen LogP contribution in [0.2, 0.25) is 5.02 Å². The molecule has 2 amide bonds. The Morgan fingerprint density at radius 1 is 0.921 bits per heavy atom. The molecule has 1 N–H and O–H groups in total. The van der Waals surface area contributed by atoms with Gasteiger partial charge in [-0.25, -0.2) is 8.42 Å². The third-order valence-corrected chi connectivity index (χ3v) is 8.13. The first kappa shape index (κ1) is 29.2. The largest absolute Gasteiger partial charge is 0.352 e. The Kier molecular flexibility index (Phi) is 9.57. The molecule has 0 aliphatic rings. The van der Waals surface area contributed by atoms with Gasteiger partial charge in [0.05, 0.1) is 10.6 Å². The second kappa shape index (κ2) is 12.5. The molecular weight excluding hydrogens is 522 g/mol. The van der Waals surface area contributed by atoms with Gasteiger partial charge in [0.2, 0.25) is 11.8 Å². The summed E-state index contributed by atoms with van der Waals surface area (Å²) in [4.78, 5) is 28.3. The quantitative estimate of drug-likeness (QED) is 0.377. The second-order valence-corrected chi connectivity index (χ2v) is 11.9. The number of carbonyl (C=O) groups excluding carboxylic acids is 2. The number of nitrogens with zero attached hydrogens (tertiary/aromatic N) is 2. The number of amides is 2. The van der Waals surface area contributed by atoms with Crippen molar-refractivity contribution in [2.75, 3.05) is 10.8 Å². The Hall–Kier alpha value is -3.36. The summed E-state index contributed by atoms with van der Waals surface area (Å²) in [6.45, 7) is 8.57. The van der Waals surface area contributed by atoms with Crippen LogP contribution in [0.4, 0.5) is 5.69 Å². The fourth-order valence-corrected chi connectivity index (χ4v) is 5.61. The van der Waals surface area contributed by atoms with E-state index in [9.17, 15) is 18.0 Å². The van der Waals surface area contributed by atoms with Gasteiger partial charge in [-0.3, -0.25) is 13.9 Å². The smallest absolute Gasteiger partial charge is 0.264 e. The second-order valence-electron chi connectivity index (χ2n) is 9.60. The molecule has 0 saturated heterocycles. The van der Waals surface area contributed by atoms with Crippen LogP contribution < -0.4 is 9.62 Å². The summed E-state index contributed by atoms with van der Waals surface area (Å²) >= 11 is 6.25. The van der Waals surface area contributed by atoms with E-state index in [1.54, 1.807) is 38.1 Å². The first-order valence-corrected chi connectivity index (χ1v) is 14.2. The maximum Gasteiger partial charge on any atom is 0.264 e. The molecule has 3 aromatic carbocycles. The molecule has 3 rings (SSSR count). The Morgan fingerprint density at radius 2 is 1.55 bits per heavy atom. The van der Waals surface area contributed by atoms with Crippen LogP contribution in [0.1, 0.15) is 37.5 Å². The zero-order chi connectivity index (χ0) is 28.0. The monoisotopic (exact) mass is 555 g/mol. The van der Waals surface area contributed by atoms with Gasteiger partial charge in [-0.2, -0.15) is 0 Å². The van der Waals surface area contributed by atoms with Crippen LogP contribution in [0.5, 0.6) is 0 Å². The molecular formula is C29H34ClN3O4S. The third kappa shape index (κ3) is 7.14. The molecule has 7 nitrogen and oxygen atoms in total. The normalized spacial score (nSPS) is 12.2. The van der Waals surface area contributed by atoms with E-state index in [1.807, 2.05) is 51.1 Å². The van der Waals surface area contributed by atoms with Crippen LogP contribution in [0.25, 0.3) is 0 Å². The summed E-state index contributed by atoms with van der Waals surface area (Å²) in [6, 6.07) is 19.7. The van der Waals surface area contributed by atoms with Gasteiger partial charge in [0.1, 0.15) is 12.6 Å². The number of nitrogens with one attached hydrogen (secondary N) is 1. The van der Waals surface area contributed by atoms with Crippen molar-refractivity contribution in [2.24, 2.45) is 0 Å². The lowest BCUT2D eigenvalue weighted by Gasteiger charge is -2.32. The van der Waals surface area contributed by atoms with E-state index in [-0.39, 0.29) is 23.4 Å². The molecule has 0 aliphatic heterocycles. The van der Waals surface area contributed by atoms with Crippen molar-refractivity contribution in [1.29, 1.82) is 0 Å². The van der Waals surface area contributed by atoms with Crippen molar-refractivity contribution < 1.29 is 18.0 Å².